The van der Waals surface area contributed by atoms with Gasteiger partial charge in [-0.25, -0.2) is 9.13 Å². The van der Waals surface area contributed by atoms with Crippen molar-refractivity contribution in [1.29, 1.82) is 0 Å². The lowest BCUT2D eigenvalue weighted by molar-refractivity contribution is -0.722. The SMILES string of the molecule is CCCCCCCCCCCCCCOC[n+]1ccn(CCCCCC)c1-c1ccccc1. The van der Waals surface area contributed by atoms with Crippen molar-refractivity contribution in [2.24, 2.45) is 0 Å². The minimum absolute atomic E-state index is 0.643. The number of aryl methyl sites for hydroxylation is 1. The Morgan fingerprint density at radius 3 is 1.82 bits per heavy atom. The van der Waals surface area contributed by atoms with Gasteiger partial charge in [-0.3, -0.25) is 0 Å². The summed E-state index contributed by atoms with van der Waals surface area (Å²) in [4.78, 5) is 0. The Labute approximate surface area is 204 Å². The number of benzene rings is 1. The van der Waals surface area contributed by atoms with Gasteiger partial charge in [0.05, 0.1) is 18.7 Å². The van der Waals surface area contributed by atoms with Crippen LogP contribution in [0.15, 0.2) is 42.7 Å². The molecule has 0 aliphatic carbocycles. The van der Waals surface area contributed by atoms with Crippen LogP contribution in [0.1, 0.15) is 117 Å². The molecule has 3 heteroatoms. The average Bonchev–Trinajstić information content (AvgIpc) is 3.25. The van der Waals surface area contributed by atoms with Gasteiger partial charge >= 0.3 is 0 Å². The number of hydrogen-bond donors (Lipinski definition) is 0. The number of nitrogens with zero attached hydrogens (tertiary/aromatic N) is 2. The maximum atomic E-state index is 6.08. The van der Waals surface area contributed by atoms with E-state index in [0.717, 1.165) is 13.2 Å². The highest BCUT2D eigenvalue weighted by atomic mass is 16.5. The van der Waals surface area contributed by atoms with Gasteiger partial charge in [0.1, 0.15) is 12.4 Å². The van der Waals surface area contributed by atoms with Crippen molar-refractivity contribution < 1.29 is 9.30 Å². The van der Waals surface area contributed by atoms with E-state index in [-0.39, 0.29) is 0 Å². The molecule has 186 valence electrons. The highest BCUT2D eigenvalue weighted by Crippen LogP contribution is 2.17. The zero-order chi connectivity index (χ0) is 23.4. The molecule has 0 spiro atoms. The maximum Gasteiger partial charge on any atom is 0.290 e. The third-order valence-corrected chi connectivity index (χ3v) is 6.63. The zero-order valence-electron chi connectivity index (χ0n) is 21.8. The summed E-state index contributed by atoms with van der Waals surface area (Å²) in [6.07, 6.45) is 26.1. The van der Waals surface area contributed by atoms with Gasteiger partial charge in [0, 0.05) is 0 Å². The maximum absolute atomic E-state index is 6.08. The summed E-state index contributed by atoms with van der Waals surface area (Å²) in [6, 6.07) is 10.8. The number of unbranched alkanes of at least 4 members (excludes halogenated alkanes) is 14. The van der Waals surface area contributed by atoms with Gasteiger partial charge in [-0.15, -0.1) is 0 Å². The molecule has 2 rings (SSSR count). The van der Waals surface area contributed by atoms with Gasteiger partial charge < -0.3 is 4.74 Å². The number of aromatic nitrogens is 2. The summed E-state index contributed by atoms with van der Waals surface area (Å²) in [5.74, 6) is 1.27. The molecule has 0 fully saturated rings. The van der Waals surface area contributed by atoms with Crippen LogP contribution in [0.2, 0.25) is 0 Å². The van der Waals surface area contributed by atoms with E-state index in [0.29, 0.717) is 6.73 Å². The minimum atomic E-state index is 0.643. The lowest BCUT2D eigenvalue weighted by atomic mass is 10.1. The first-order valence-electron chi connectivity index (χ1n) is 14.1. The number of ether oxygens (including phenoxy) is 1. The number of rotatable bonds is 21. The van der Waals surface area contributed by atoms with E-state index in [1.807, 2.05) is 0 Å². The summed E-state index contributed by atoms with van der Waals surface area (Å²) in [5, 5.41) is 0. The zero-order valence-corrected chi connectivity index (χ0v) is 21.8. The Balaban J connectivity index is 1.62. The second-order valence-corrected chi connectivity index (χ2v) is 9.64. The molecule has 0 atom stereocenters. The highest BCUT2D eigenvalue weighted by Gasteiger charge is 2.19. The second kappa shape index (κ2) is 18.8. The summed E-state index contributed by atoms with van der Waals surface area (Å²) >= 11 is 0. The van der Waals surface area contributed by atoms with Crippen molar-refractivity contribution >= 4 is 0 Å². The fourth-order valence-corrected chi connectivity index (χ4v) is 4.59. The smallest absolute Gasteiger partial charge is 0.290 e. The van der Waals surface area contributed by atoms with Crippen LogP contribution >= 0.6 is 0 Å². The van der Waals surface area contributed by atoms with Crippen molar-refractivity contribution in [3.05, 3.63) is 42.7 Å². The number of hydrogen-bond acceptors (Lipinski definition) is 1. The first kappa shape index (κ1) is 27.6. The molecule has 1 aromatic carbocycles. The largest absolute Gasteiger partial charge is 0.342 e. The molecular formula is C30H51N2O+. The topological polar surface area (TPSA) is 18.0 Å². The van der Waals surface area contributed by atoms with Crippen molar-refractivity contribution in [1.82, 2.24) is 4.57 Å². The van der Waals surface area contributed by atoms with E-state index >= 15 is 0 Å². The highest BCUT2D eigenvalue weighted by molar-refractivity contribution is 5.52. The molecule has 0 aliphatic heterocycles. The Morgan fingerprint density at radius 2 is 1.21 bits per heavy atom. The third-order valence-electron chi connectivity index (χ3n) is 6.63. The van der Waals surface area contributed by atoms with Crippen molar-refractivity contribution in [2.75, 3.05) is 6.61 Å². The first-order valence-corrected chi connectivity index (χ1v) is 14.1. The molecule has 33 heavy (non-hydrogen) atoms. The van der Waals surface area contributed by atoms with Gasteiger partial charge in [0.25, 0.3) is 5.82 Å². The van der Waals surface area contributed by atoms with E-state index in [1.165, 1.54) is 114 Å². The molecule has 1 aromatic heterocycles. The van der Waals surface area contributed by atoms with Crippen LogP contribution < -0.4 is 4.57 Å². The lowest BCUT2D eigenvalue weighted by Crippen LogP contribution is -2.36. The Kier molecular flexibility index (Phi) is 15.7. The molecule has 0 amide bonds. The van der Waals surface area contributed by atoms with Gasteiger partial charge in [0.15, 0.2) is 6.73 Å². The van der Waals surface area contributed by atoms with Crippen LogP contribution in [0.4, 0.5) is 0 Å². The number of imidazole rings is 1. The summed E-state index contributed by atoms with van der Waals surface area (Å²) in [7, 11) is 0. The van der Waals surface area contributed by atoms with Crippen molar-refractivity contribution in [3.8, 4) is 11.4 Å². The van der Waals surface area contributed by atoms with Crippen molar-refractivity contribution in [2.45, 2.75) is 130 Å². The molecule has 1 heterocycles. The third kappa shape index (κ3) is 11.9. The van der Waals surface area contributed by atoms with E-state index in [9.17, 15) is 0 Å². The molecule has 0 radical (unpaired) electrons. The molecular weight excluding hydrogens is 404 g/mol. The quantitative estimate of drug-likeness (QED) is 0.136. The van der Waals surface area contributed by atoms with E-state index in [1.54, 1.807) is 0 Å². The van der Waals surface area contributed by atoms with Gasteiger partial charge in [-0.05, 0) is 31.4 Å². The van der Waals surface area contributed by atoms with Gasteiger partial charge in [0.2, 0.25) is 0 Å². The minimum Gasteiger partial charge on any atom is -0.342 e. The van der Waals surface area contributed by atoms with Crippen LogP contribution in [0.25, 0.3) is 11.4 Å². The van der Waals surface area contributed by atoms with Crippen LogP contribution in [0.5, 0.6) is 0 Å². The predicted octanol–water partition coefficient (Wildman–Crippen LogP) is 8.70. The Hall–Kier alpha value is -1.61. The van der Waals surface area contributed by atoms with Crippen LogP contribution in [-0.4, -0.2) is 11.2 Å². The fourth-order valence-electron chi connectivity index (χ4n) is 4.59. The Bertz CT molecular complexity index is 695. The summed E-state index contributed by atoms with van der Waals surface area (Å²) in [6.45, 7) is 7.14. The lowest BCUT2D eigenvalue weighted by Gasteiger charge is -2.07. The molecule has 0 unspecified atom stereocenters. The normalized spacial score (nSPS) is 11.3. The standard InChI is InChI=1S/C30H51N2O/c1-3-5-7-9-10-11-12-13-14-15-16-21-27-33-28-32-26-25-31(24-20-8-6-4-2)30(32)29-22-18-17-19-23-29/h17-19,22-23,25-26H,3-16,20-21,24,27-28H2,1-2H3/q+1. The first-order chi connectivity index (χ1) is 16.4. The molecule has 0 bridgehead atoms. The molecule has 3 nitrogen and oxygen atoms in total. The summed E-state index contributed by atoms with van der Waals surface area (Å²) < 4.78 is 10.8. The second-order valence-electron chi connectivity index (χ2n) is 9.64. The van der Waals surface area contributed by atoms with Crippen LogP contribution in [-0.2, 0) is 18.0 Å². The molecule has 0 saturated carbocycles. The molecule has 0 aliphatic rings. The molecule has 2 aromatic rings. The predicted molar refractivity (Wildman–Crippen MR) is 141 cm³/mol. The Morgan fingerprint density at radius 1 is 0.667 bits per heavy atom. The van der Waals surface area contributed by atoms with E-state index in [2.05, 4.69) is 65.7 Å². The molecule has 0 N–H and O–H groups in total. The van der Waals surface area contributed by atoms with Crippen LogP contribution in [0, 0.1) is 0 Å². The van der Waals surface area contributed by atoms with E-state index in [4.69, 9.17) is 4.74 Å². The van der Waals surface area contributed by atoms with Gasteiger partial charge in [-0.1, -0.05) is 116 Å². The van der Waals surface area contributed by atoms with Crippen LogP contribution in [0.3, 0.4) is 0 Å². The monoisotopic (exact) mass is 455 g/mol. The fraction of sp³-hybridized carbons (Fsp3) is 0.700. The average molecular weight is 456 g/mol. The molecule has 0 saturated heterocycles. The summed E-state index contributed by atoms with van der Waals surface area (Å²) in [5.41, 5.74) is 1.27. The van der Waals surface area contributed by atoms with Crippen molar-refractivity contribution in [3.63, 3.8) is 0 Å². The van der Waals surface area contributed by atoms with Gasteiger partial charge in [-0.2, -0.15) is 0 Å². The van der Waals surface area contributed by atoms with E-state index < -0.39 is 0 Å².